The molecule has 1 aliphatic heterocycles. The van der Waals surface area contributed by atoms with Crippen LogP contribution in [0.2, 0.25) is 0 Å². The first-order valence-electron chi connectivity index (χ1n) is 3.82. The quantitative estimate of drug-likeness (QED) is 0.528. The van der Waals surface area contributed by atoms with Gasteiger partial charge in [-0.05, 0) is 31.6 Å². The molecule has 1 heterocycles. The summed E-state index contributed by atoms with van der Waals surface area (Å²) in [5, 5.41) is 8.68. The van der Waals surface area contributed by atoms with Gasteiger partial charge in [0.2, 0.25) is 0 Å². The monoisotopic (exact) mass is 175 g/mol. The summed E-state index contributed by atoms with van der Waals surface area (Å²) in [5.74, 6) is 0.0287. The van der Waals surface area contributed by atoms with Crippen molar-refractivity contribution in [3.8, 4) is 6.07 Å². The van der Waals surface area contributed by atoms with Gasteiger partial charge in [-0.1, -0.05) is 0 Å². The Bertz CT molecular complexity index is 367. The van der Waals surface area contributed by atoms with Crippen LogP contribution in [-0.2, 0) is 9.53 Å². The number of nitriles is 1. The van der Waals surface area contributed by atoms with Gasteiger partial charge in [-0.2, -0.15) is 5.26 Å². The van der Waals surface area contributed by atoms with Gasteiger partial charge in [-0.3, -0.25) is 0 Å². The Kier molecular flexibility index (Phi) is 2.65. The highest BCUT2D eigenvalue weighted by Gasteiger charge is 2.05. The average Bonchev–Trinajstić information content (AvgIpc) is 1.99. The summed E-state index contributed by atoms with van der Waals surface area (Å²) in [6.45, 7) is 3.38. The van der Waals surface area contributed by atoms with E-state index in [1.54, 1.807) is 19.9 Å². The van der Waals surface area contributed by atoms with E-state index in [0.29, 0.717) is 16.9 Å². The Morgan fingerprint density at radius 1 is 1.31 bits per heavy atom. The minimum absolute atomic E-state index is 0.403. The van der Waals surface area contributed by atoms with Gasteiger partial charge in [-0.25, -0.2) is 4.79 Å². The normalized spacial score (nSPS) is 17.0. The largest absolute Gasteiger partial charge is 0.428 e. The van der Waals surface area contributed by atoms with Gasteiger partial charge in [0.05, 0.1) is 11.6 Å². The molecule has 3 nitrogen and oxygen atoms in total. The fourth-order valence-electron chi connectivity index (χ4n) is 1.02. The number of carbonyl (C=O) groups excluding carboxylic acids is 1. The van der Waals surface area contributed by atoms with Crippen molar-refractivity contribution in [3.63, 3.8) is 0 Å². The molecule has 0 aromatic rings. The first-order chi connectivity index (χ1) is 6.11. The maximum atomic E-state index is 11.0. The molecule has 0 bridgehead atoms. The standard InChI is InChI=1S/C10H9NO2/c1-7-3-9(6-11)5-8(2)13-10(12)4-7/h3-5H,1-2H3. The molecule has 0 atom stereocenters. The summed E-state index contributed by atoms with van der Waals surface area (Å²) in [6, 6.07) is 2.00. The Balaban J connectivity index is 3.13. The minimum Gasteiger partial charge on any atom is -0.428 e. The maximum Gasteiger partial charge on any atom is 0.336 e. The molecule has 0 amide bonds. The SMILES string of the molecule is CC1=CC(=O)OC(C)=CC(C#N)=C1. The van der Waals surface area contributed by atoms with Crippen LogP contribution in [0.3, 0.4) is 0 Å². The van der Waals surface area contributed by atoms with Crippen LogP contribution in [0.4, 0.5) is 0 Å². The zero-order chi connectivity index (χ0) is 9.84. The molecule has 66 valence electrons. The van der Waals surface area contributed by atoms with Gasteiger partial charge in [-0.15, -0.1) is 0 Å². The maximum absolute atomic E-state index is 11.0. The van der Waals surface area contributed by atoms with Crippen molar-refractivity contribution in [2.24, 2.45) is 0 Å². The van der Waals surface area contributed by atoms with Crippen molar-refractivity contribution >= 4 is 5.97 Å². The Hall–Kier alpha value is -1.82. The fraction of sp³-hybridized carbons (Fsp3) is 0.200. The van der Waals surface area contributed by atoms with E-state index in [-0.39, 0.29) is 0 Å². The highest BCUT2D eigenvalue weighted by atomic mass is 16.5. The zero-order valence-corrected chi connectivity index (χ0v) is 7.50. The van der Waals surface area contributed by atoms with Crippen LogP contribution in [0, 0.1) is 11.3 Å². The second-order valence-electron chi connectivity index (χ2n) is 2.78. The molecular weight excluding hydrogens is 166 g/mol. The molecule has 0 spiro atoms. The summed E-state index contributed by atoms with van der Waals surface area (Å²) < 4.78 is 4.85. The third-order valence-corrected chi connectivity index (χ3v) is 1.48. The molecule has 1 rings (SSSR count). The number of hydrogen-bond donors (Lipinski definition) is 0. The minimum atomic E-state index is -0.403. The lowest BCUT2D eigenvalue weighted by molar-refractivity contribution is -0.133. The fourth-order valence-corrected chi connectivity index (χ4v) is 1.02. The Morgan fingerprint density at radius 2 is 2.00 bits per heavy atom. The second kappa shape index (κ2) is 3.72. The number of carbonyl (C=O) groups is 1. The third kappa shape index (κ3) is 2.60. The highest BCUT2D eigenvalue weighted by molar-refractivity contribution is 5.84. The van der Waals surface area contributed by atoms with Gasteiger partial charge in [0.25, 0.3) is 0 Å². The highest BCUT2D eigenvalue weighted by Crippen LogP contribution is 2.11. The zero-order valence-electron chi connectivity index (χ0n) is 7.50. The van der Waals surface area contributed by atoms with E-state index >= 15 is 0 Å². The van der Waals surface area contributed by atoms with Crippen LogP contribution < -0.4 is 0 Å². The van der Waals surface area contributed by atoms with Crippen LogP contribution in [0.1, 0.15) is 13.8 Å². The molecule has 13 heavy (non-hydrogen) atoms. The average molecular weight is 175 g/mol. The molecule has 0 aromatic heterocycles. The number of allylic oxidation sites excluding steroid dienone is 5. The van der Waals surface area contributed by atoms with Gasteiger partial charge in [0.15, 0.2) is 0 Å². The predicted molar refractivity (Wildman–Crippen MR) is 47.3 cm³/mol. The molecule has 1 aliphatic rings. The summed E-state index contributed by atoms with van der Waals surface area (Å²) in [7, 11) is 0. The Morgan fingerprint density at radius 3 is 2.62 bits per heavy atom. The lowest BCUT2D eigenvalue weighted by Gasteiger charge is -2.04. The van der Waals surface area contributed by atoms with Crippen LogP contribution >= 0.6 is 0 Å². The van der Waals surface area contributed by atoms with Gasteiger partial charge < -0.3 is 4.74 Å². The molecule has 0 N–H and O–H groups in total. The molecule has 0 aromatic carbocycles. The van der Waals surface area contributed by atoms with Crippen LogP contribution in [0.5, 0.6) is 0 Å². The van der Waals surface area contributed by atoms with E-state index in [0.717, 1.165) is 0 Å². The molecule has 0 unspecified atom stereocenters. The van der Waals surface area contributed by atoms with Crippen molar-refractivity contribution in [1.82, 2.24) is 0 Å². The van der Waals surface area contributed by atoms with Gasteiger partial charge in [0.1, 0.15) is 5.76 Å². The number of nitrogens with zero attached hydrogens (tertiary/aromatic N) is 1. The van der Waals surface area contributed by atoms with Gasteiger partial charge >= 0.3 is 5.97 Å². The number of rotatable bonds is 0. The van der Waals surface area contributed by atoms with E-state index in [4.69, 9.17) is 10.00 Å². The first-order valence-corrected chi connectivity index (χ1v) is 3.82. The smallest absolute Gasteiger partial charge is 0.336 e. The second-order valence-corrected chi connectivity index (χ2v) is 2.78. The van der Waals surface area contributed by atoms with E-state index in [1.165, 1.54) is 12.2 Å². The molecule has 0 saturated heterocycles. The topological polar surface area (TPSA) is 50.1 Å². The van der Waals surface area contributed by atoms with Crippen LogP contribution in [0.25, 0.3) is 0 Å². The number of cyclic esters (lactones) is 1. The number of esters is 1. The predicted octanol–water partition coefficient (Wildman–Crippen LogP) is 1.84. The van der Waals surface area contributed by atoms with E-state index in [1.807, 2.05) is 6.07 Å². The molecule has 3 heteroatoms. The summed E-state index contributed by atoms with van der Waals surface area (Å²) >= 11 is 0. The van der Waals surface area contributed by atoms with Crippen molar-refractivity contribution in [2.45, 2.75) is 13.8 Å². The van der Waals surface area contributed by atoms with Gasteiger partial charge in [0, 0.05) is 6.08 Å². The summed E-state index contributed by atoms with van der Waals surface area (Å²) in [6.07, 6.45) is 4.53. The van der Waals surface area contributed by atoms with Crippen LogP contribution in [0.15, 0.2) is 35.1 Å². The lowest BCUT2D eigenvalue weighted by atomic mass is 10.1. The summed E-state index contributed by atoms with van der Waals surface area (Å²) in [4.78, 5) is 11.0. The lowest BCUT2D eigenvalue weighted by Crippen LogP contribution is -2.01. The van der Waals surface area contributed by atoms with Crippen molar-refractivity contribution in [2.75, 3.05) is 0 Å². The van der Waals surface area contributed by atoms with Crippen LogP contribution in [-0.4, -0.2) is 5.97 Å². The van der Waals surface area contributed by atoms with Crippen molar-refractivity contribution in [1.29, 1.82) is 5.26 Å². The first kappa shape index (κ1) is 9.27. The van der Waals surface area contributed by atoms with E-state index in [9.17, 15) is 4.79 Å². The number of ether oxygens (including phenoxy) is 1. The molecule has 0 radical (unpaired) electrons. The third-order valence-electron chi connectivity index (χ3n) is 1.48. The van der Waals surface area contributed by atoms with E-state index in [2.05, 4.69) is 0 Å². The Labute approximate surface area is 76.6 Å². The van der Waals surface area contributed by atoms with E-state index < -0.39 is 5.97 Å². The molecule has 0 saturated carbocycles. The molecular formula is C10H9NO2. The molecule has 0 fully saturated rings. The van der Waals surface area contributed by atoms with Crippen molar-refractivity contribution in [3.05, 3.63) is 35.1 Å². The number of hydrogen-bond acceptors (Lipinski definition) is 3. The summed E-state index contributed by atoms with van der Waals surface area (Å²) in [5.41, 5.74) is 1.20. The van der Waals surface area contributed by atoms with Crippen molar-refractivity contribution < 1.29 is 9.53 Å². The molecule has 0 aliphatic carbocycles.